The van der Waals surface area contributed by atoms with Crippen LogP contribution in [0.5, 0.6) is 0 Å². The Morgan fingerprint density at radius 1 is 0.269 bits per heavy atom. The van der Waals surface area contributed by atoms with Crippen molar-refractivity contribution in [3.05, 3.63) is 0 Å². The number of hydrogen-bond acceptors (Lipinski definition) is 15. The smallest absolute Gasteiger partial charge is 0.462 e. The summed E-state index contributed by atoms with van der Waals surface area (Å²) < 4.78 is 68.8. The maximum absolute atomic E-state index is 13.1. The van der Waals surface area contributed by atoms with Crippen LogP contribution in [-0.4, -0.2) is 96.7 Å². The van der Waals surface area contributed by atoms with Crippen LogP contribution in [0.2, 0.25) is 0 Å². The predicted molar refractivity (Wildman–Crippen MR) is 428 cm³/mol. The lowest BCUT2D eigenvalue weighted by Gasteiger charge is -2.21. The molecule has 0 aromatic rings. The van der Waals surface area contributed by atoms with Crippen LogP contribution in [0.15, 0.2) is 0 Å². The van der Waals surface area contributed by atoms with E-state index in [1.54, 1.807) is 0 Å². The van der Waals surface area contributed by atoms with Crippen LogP contribution < -0.4 is 0 Å². The van der Waals surface area contributed by atoms with Crippen molar-refractivity contribution in [3.63, 3.8) is 0 Å². The molecule has 0 amide bonds. The van der Waals surface area contributed by atoms with Gasteiger partial charge < -0.3 is 33.8 Å². The highest BCUT2D eigenvalue weighted by molar-refractivity contribution is 7.47. The standard InChI is InChI=1S/C85H166O17P2/c1-9-78(8)64-56-48-40-32-25-21-17-12-10-11-13-18-22-26-33-41-49-57-65-82(87)95-71-80(101-84(89)67-59-51-42-34-27-23-19-15-14-16-20-24-30-37-45-53-61-75(2)3)73-99-103(91,92)97-69-79(86)70-98-104(93,94)100-74-81(72-96-83(88)66-58-50-44-36-39-47-55-63-77(6)7)102-85(90)68-60-52-43-35-29-28-31-38-46-54-62-76(4)5/h75-81,86H,9-74H2,1-8H3,(H,91,92)(H,93,94)/t78?,79?,80-,81-/m1/s1. The molecule has 19 heteroatoms. The summed E-state index contributed by atoms with van der Waals surface area (Å²) in [5.41, 5.74) is 0. The van der Waals surface area contributed by atoms with Crippen molar-refractivity contribution in [3.8, 4) is 0 Å². The van der Waals surface area contributed by atoms with Crippen molar-refractivity contribution in [1.82, 2.24) is 0 Å². The molecule has 4 unspecified atom stereocenters. The van der Waals surface area contributed by atoms with Crippen molar-refractivity contribution in [2.24, 2.45) is 23.7 Å². The highest BCUT2D eigenvalue weighted by atomic mass is 31.2. The minimum absolute atomic E-state index is 0.105. The number of unbranched alkanes of at least 4 members (excludes halogenated alkanes) is 47. The molecule has 3 N–H and O–H groups in total. The zero-order valence-electron chi connectivity index (χ0n) is 68.7. The van der Waals surface area contributed by atoms with E-state index in [9.17, 15) is 43.2 Å². The first-order valence-electron chi connectivity index (χ1n) is 43.7. The molecule has 0 bridgehead atoms. The molecule has 17 nitrogen and oxygen atoms in total. The summed E-state index contributed by atoms with van der Waals surface area (Å²) in [5.74, 6) is 1.03. The summed E-state index contributed by atoms with van der Waals surface area (Å²) >= 11 is 0. The van der Waals surface area contributed by atoms with E-state index in [0.29, 0.717) is 31.6 Å². The first-order chi connectivity index (χ1) is 50.1. The van der Waals surface area contributed by atoms with E-state index in [4.69, 9.17) is 37.0 Å². The summed E-state index contributed by atoms with van der Waals surface area (Å²) in [6.07, 6.45) is 62.6. The lowest BCUT2D eigenvalue weighted by molar-refractivity contribution is -0.161. The molecule has 0 aliphatic heterocycles. The Morgan fingerprint density at radius 2 is 0.462 bits per heavy atom. The minimum atomic E-state index is -4.97. The molecule has 104 heavy (non-hydrogen) atoms. The van der Waals surface area contributed by atoms with Crippen molar-refractivity contribution in [2.75, 3.05) is 39.6 Å². The maximum atomic E-state index is 13.1. The van der Waals surface area contributed by atoms with Gasteiger partial charge in [0.05, 0.1) is 26.4 Å². The van der Waals surface area contributed by atoms with Gasteiger partial charge in [0.2, 0.25) is 0 Å². The van der Waals surface area contributed by atoms with E-state index in [1.165, 1.54) is 238 Å². The van der Waals surface area contributed by atoms with Crippen LogP contribution in [0.3, 0.4) is 0 Å². The lowest BCUT2D eigenvalue weighted by Crippen LogP contribution is -2.30. The number of rotatable bonds is 82. The second-order valence-corrected chi connectivity index (χ2v) is 35.2. The van der Waals surface area contributed by atoms with Gasteiger partial charge in [-0.15, -0.1) is 0 Å². The van der Waals surface area contributed by atoms with Crippen molar-refractivity contribution in [2.45, 2.75) is 459 Å². The molecule has 0 aromatic carbocycles. The third-order valence-corrected chi connectivity index (χ3v) is 22.1. The first kappa shape index (κ1) is 102. The Hall–Kier alpha value is -1.94. The molecular formula is C85H166O17P2. The van der Waals surface area contributed by atoms with Crippen LogP contribution in [0.25, 0.3) is 0 Å². The van der Waals surface area contributed by atoms with Gasteiger partial charge in [-0.05, 0) is 49.4 Å². The van der Waals surface area contributed by atoms with Crippen LogP contribution in [0.4, 0.5) is 0 Å². The van der Waals surface area contributed by atoms with Gasteiger partial charge >= 0.3 is 39.5 Å². The second-order valence-electron chi connectivity index (χ2n) is 32.2. The fourth-order valence-corrected chi connectivity index (χ4v) is 14.7. The van der Waals surface area contributed by atoms with Crippen LogP contribution in [0, 0.1) is 23.7 Å². The molecule has 0 radical (unpaired) electrons. The summed E-state index contributed by atoms with van der Waals surface area (Å²) in [7, 11) is -9.93. The topological polar surface area (TPSA) is 237 Å². The van der Waals surface area contributed by atoms with E-state index in [0.717, 1.165) is 114 Å². The molecule has 0 fully saturated rings. The number of phosphoric acid groups is 2. The molecule has 0 saturated heterocycles. The van der Waals surface area contributed by atoms with E-state index >= 15 is 0 Å². The average molecular weight is 1520 g/mol. The summed E-state index contributed by atoms with van der Waals surface area (Å²) in [5, 5.41) is 10.7. The molecule has 0 spiro atoms. The van der Waals surface area contributed by atoms with Crippen molar-refractivity contribution < 1.29 is 80.2 Å². The predicted octanol–water partition coefficient (Wildman–Crippen LogP) is 25.6. The fourth-order valence-electron chi connectivity index (χ4n) is 13.1. The quantitative estimate of drug-likeness (QED) is 0.0222. The summed E-state index contributed by atoms with van der Waals surface area (Å²) in [6.45, 7) is 14.3. The van der Waals surface area contributed by atoms with E-state index < -0.39 is 97.5 Å². The van der Waals surface area contributed by atoms with Gasteiger partial charge in [-0.3, -0.25) is 37.3 Å². The number of carbonyl (C=O) groups is 4. The van der Waals surface area contributed by atoms with Gasteiger partial charge in [-0.1, -0.05) is 389 Å². The molecule has 0 rings (SSSR count). The second kappa shape index (κ2) is 73.8. The highest BCUT2D eigenvalue weighted by Crippen LogP contribution is 2.45. The first-order valence-corrected chi connectivity index (χ1v) is 46.7. The van der Waals surface area contributed by atoms with E-state index in [1.807, 2.05) is 0 Å². The average Bonchev–Trinajstić information content (AvgIpc) is 0.902. The van der Waals surface area contributed by atoms with Gasteiger partial charge in [-0.2, -0.15) is 0 Å². The third kappa shape index (κ3) is 76.8. The molecule has 0 aliphatic rings. The number of hydrogen-bond donors (Lipinski definition) is 3. The van der Waals surface area contributed by atoms with Gasteiger partial charge in [0.1, 0.15) is 19.3 Å². The van der Waals surface area contributed by atoms with Crippen molar-refractivity contribution >= 4 is 39.5 Å². The monoisotopic (exact) mass is 1520 g/mol. The fraction of sp³-hybridized carbons (Fsp3) is 0.953. The third-order valence-electron chi connectivity index (χ3n) is 20.2. The largest absolute Gasteiger partial charge is 0.472 e. The van der Waals surface area contributed by atoms with Gasteiger partial charge in [0, 0.05) is 25.7 Å². The summed E-state index contributed by atoms with van der Waals surface area (Å²) in [6, 6.07) is 0. The van der Waals surface area contributed by atoms with Crippen LogP contribution in [0.1, 0.15) is 441 Å². The zero-order chi connectivity index (χ0) is 76.7. The Bertz CT molecular complexity index is 2030. The number of carbonyl (C=O) groups excluding carboxylic acids is 4. The Kier molecular flexibility index (Phi) is 72.5. The molecule has 0 saturated carbocycles. The Labute approximate surface area is 638 Å². The number of phosphoric ester groups is 2. The number of aliphatic hydroxyl groups excluding tert-OH is 1. The molecule has 0 aromatic heterocycles. The number of ether oxygens (including phenoxy) is 4. The zero-order valence-corrected chi connectivity index (χ0v) is 70.5. The number of esters is 4. The molecular weight excluding hydrogens is 1350 g/mol. The molecule has 6 atom stereocenters. The normalized spacial score (nSPS) is 14.2. The Balaban J connectivity index is 5.21. The summed E-state index contributed by atoms with van der Waals surface area (Å²) in [4.78, 5) is 73.1. The minimum Gasteiger partial charge on any atom is -0.462 e. The van der Waals surface area contributed by atoms with Gasteiger partial charge in [0.25, 0.3) is 0 Å². The highest BCUT2D eigenvalue weighted by Gasteiger charge is 2.30. The van der Waals surface area contributed by atoms with E-state index in [-0.39, 0.29) is 25.7 Å². The van der Waals surface area contributed by atoms with Gasteiger partial charge in [0.15, 0.2) is 12.2 Å². The maximum Gasteiger partial charge on any atom is 0.472 e. The molecule has 0 heterocycles. The van der Waals surface area contributed by atoms with Crippen molar-refractivity contribution in [1.29, 1.82) is 0 Å². The lowest BCUT2D eigenvalue weighted by atomic mass is 9.99. The van der Waals surface area contributed by atoms with E-state index in [2.05, 4.69) is 55.4 Å². The van der Waals surface area contributed by atoms with Crippen LogP contribution in [-0.2, 0) is 65.4 Å². The molecule has 0 aliphatic carbocycles. The SMILES string of the molecule is CCC(C)CCCCCCCCCCCCCCCCCCCCC(=O)OC[C@H](COP(=O)(O)OCC(O)COP(=O)(O)OC[C@@H](COC(=O)CCCCCCCCCC(C)C)OC(=O)CCCCCCCCCCCCC(C)C)OC(=O)CCCCCCCCCCCCCCCCCCC(C)C. The van der Waals surface area contributed by atoms with Crippen LogP contribution >= 0.6 is 15.6 Å². The Morgan fingerprint density at radius 3 is 0.683 bits per heavy atom. The van der Waals surface area contributed by atoms with Gasteiger partial charge in [-0.25, -0.2) is 9.13 Å². The number of aliphatic hydroxyl groups is 1. The molecule has 618 valence electrons.